The average Bonchev–Trinajstić information content (AvgIpc) is 2.00. The third-order valence-electron chi connectivity index (χ3n) is 2.30. The smallest absolute Gasteiger partial charge is 0.427 e. The molecular formula is C9H20BNO3. The molecule has 0 spiro atoms. The second kappa shape index (κ2) is 4.80. The van der Waals surface area contributed by atoms with Gasteiger partial charge in [0.05, 0.1) is 0 Å². The van der Waals surface area contributed by atoms with Crippen LogP contribution >= 0.6 is 0 Å². The molecule has 0 rings (SSSR count). The minimum atomic E-state index is -1.40. The molecule has 2 atom stereocenters. The van der Waals surface area contributed by atoms with Crippen LogP contribution in [-0.4, -0.2) is 29.1 Å². The molecule has 0 aromatic rings. The maximum absolute atomic E-state index is 11.5. The molecule has 1 amide bonds. The highest BCUT2D eigenvalue weighted by Crippen LogP contribution is 2.16. The quantitative estimate of drug-likeness (QED) is 0.579. The Labute approximate surface area is 85.9 Å². The van der Waals surface area contributed by atoms with Gasteiger partial charge in [-0.2, -0.15) is 0 Å². The van der Waals surface area contributed by atoms with Gasteiger partial charge in [0.2, 0.25) is 5.91 Å². The second-order valence-corrected chi connectivity index (χ2v) is 4.78. The molecule has 5 heteroatoms. The van der Waals surface area contributed by atoms with E-state index in [9.17, 15) is 4.79 Å². The summed E-state index contributed by atoms with van der Waals surface area (Å²) in [7, 11) is -1.40. The topological polar surface area (TPSA) is 69.6 Å². The van der Waals surface area contributed by atoms with Gasteiger partial charge in [-0.3, -0.25) is 4.79 Å². The molecule has 0 aromatic carbocycles. The highest BCUT2D eigenvalue weighted by molar-refractivity contribution is 6.43. The summed E-state index contributed by atoms with van der Waals surface area (Å²) in [5, 5.41) is 20.6. The SMILES string of the molecule is CC(B(O)O)[C@H](C)NC(=O)C(C)(C)C. The molecule has 4 nitrogen and oxygen atoms in total. The van der Waals surface area contributed by atoms with Gasteiger partial charge in [-0.05, 0) is 6.92 Å². The minimum Gasteiger partial charge on any atom is -0.427 e. The summed E-state index contributed by atoms with van der Waals surface area (Å²) in [6.07, 6.45) is 0. The summed E-state index contributed by atoms with van der Waals surface area (Å²) in [6, 6.07) is -0.248. The van der Waals surface area contributed by atoms with E-state index in [-0.39, 0.29) is 17.8 Å². The second-order valence-electron chi connectivity index (χ2n) is 4.78. The van der Waals surface area contributed by atoms with Gasteiger partial charge in [0.15, 0.2) is 0 Å². The van der Waals surface area contributed by atoms with Crippen LogP contribution in [0.2, 0.25) is 5.82 Å². The van der Waals surface area contributed by atoms with Crippen molar-refractivity contribution in [1.29, 1.82) is 0 Å². The normalized spacial score (nSPS) is 15.9. The Morgan fingerprint density at radius 1 is 1.29 bits per heavy atom. The van der Waals surface area contributed by atoms with Crippen molar-refractivity contribution in [2.45, 2.75) is 46.5 Å². The zero-order valence-electron chi connectivity index (χ0n) is 9.53. The molecule has 82 valence electrons. The third-order valence-corrected chi connectivity index (χ3v) is 2.30. The van der Waals surface area contributed by atoms with E-state index in [1.165, 1.54) is 0 Å². The Morgan fingerprint density at radius 3 is 2.00 bits per heavy atom. The molecule has 3 N–H and O–H groups in total. The lowest BCUT2D eigenvalue weighted by molar-refractivity contribution is -0.129. The first-order valence-electron chi connectivity index (χ1n) is 4.83. The molecule has 0 bridgehead atoms. The molecule has 0 radical (unpaired) electrons. The van der Waals surface area contributed by atoms with Crippen molar-refractivity contribution in [3.63, 3.8) is 0 Å². The van der Waals surface area contributed by atoms with Gasteiger partial charge < -0.3 is 15.4 Å². The highest BCUT2D eigenvalue weighted by Gasteiger charge is 2.29. The van der Waals surface area contributed by atoms with Gasteiger partial charge in [0, 0.05) is 17.3 Å². The summed E-state index contributed by atoms with van der Waals surface area (Å²) in [6.45, 7) is 8.88. The summed E-state index contributed by atoms with van der Waals surface area (Å²) in [4.78, 5) is 11.5. The summed E-state index contributed by atoms with van der Waals surface area (Å²) in [5.74, 6) is -0.459. The van der Waals surface area contributed by atoms with Crippen LogP contribution in [0.1, 0.15) is 34.6 Å². The number of nitrogens with one attached hydrogen (secondary N) is 1. The molecule has 14 heavy (non-hydrogen) atoms. The summed E-state index contributed by atoms with van der Waals surface area (Å²) in [5.41, 5.74) is -0.450. The van der Waals surface area contributed by atoms with Gasteiger partial charge in [-0.25, -0.2) is 0 Å². The van der Waals surface area contributed by atoms with Crippen molar-refractivity contribution in [2.75, 3.05) is 0 Å². The first-order chi connectivity index (χ1) is 6.16. The fourth-order valence-corrected chi connectivity index (χ4v) is 0.813. The van der Waals surface area contributed by atoms with E-state index < -0.39 is 12.5 Å². The summed E-state index contributed by atoms with van der Waals surface area (Å²) >= 11 is 0. The van der Waals surface area contributed by atoms with Gasteiger partial charge >= 0.3 is 7.12 Å². The maximum atomic E-state index is 11.5. The van der Waals surface area contributed by atoms with Crippen LogP contribution in [0.5, 0.6) is 0 Å². The van der Waals surface area contributed by atoms with Crippen LogP contribution in [0.3, 0.4) is 0 Å². The van der Waals surface area contributed by atoms with E-state index in [0.717, 1.165) is 0 Å². The van der Waals surface area contributed by atoms with Crippen molar-refractivity contribution < 1.29 is 14.8 Å². The van der Waals surface area contributed by atoms with Crippen LogP contribution in [0.25, 0.3) is 0 Å². The van der Waals surface area contributed by atoms with Crippen LogP contribution < -0.4 is 5.32 Å². The lowest BCUT2D eigenvalue weighted by Crippen LogP contribution is -2.44. The number of hydrogen-bond acceptors (Lipinski definition) is 3. The van der Waals surface area contributed by atoms with Crippen molar-refractivity contribution >= 4 is 13.0 Å². The predicted molar refractivity (Wildman–Crippen MR) is 56.7 cm³/mol. The van der Waals surface area contributed by atoms with Crippen molar-refractivity contribution in [1.82, 2.24) is 5.32 Å². The minimum absolute atomic E-state index is 0.0856. The standard InChI is InChI=1S/C9H20BNO3/c1-6(10(13)14)7(2)11-8(12)9(3,4)5/h6-7,13-14H,1-5H3,(H,11,12)/t6?,7-/m0/s1. The maximum Gasteiger partial charge on any atom is 0.456 e. The Balaban J connectivity index is 4.20. The molecule has 0 heterocycles. The molecule has 0 aliphatic carbocycles. The Kier molecular flexibility index (Phi) is 4.61. The summed E-state index contributed by atoms with van der Waals surface area (Å²) < 4.78 is 0. The highest BCUT2D eigenvalue weighted by atomic mass is 16.4. The van der Waals surface area contributed by atoms with E-state index in [2.05, 4.69) is 5.32 Å². The fourth-order valence-electron chi connectivity index (χ4n) is 0.813. The van der Waals surface area contributed by atoms with E-state index >= 15 is 0 Å². The Bertz CT molecular complexity index is 201. The monoisotopic (exact) mass is 201 g/mol. The molecule has 0 aliphatic heterocycles. The number of amides is 1. The van der Waals surface area contributed by atoms with Crippen molar-refractivity contribution in [3.8, 4) is 0 Å². The number of carbonyl (C=O) groups excluding carboxylic acids is 1. The van der Waals surface area contributed by atoms with E-state index in [4.69, 9.17) is 10.0 Å². The first kappa shape index (κ1) is 13.5. The Hall–Kier alpha value is -0.545. The lowest BCUT2D eigenvalue weighted by Gasteiger charge is -2.25. The van der Waals surface area contributed by atoms with E-state index in [0.29, 0.717) is 0 Å². The Morgan fingerprint density at radius 2 is 1.71 bits per heavy atom. The fraction of sp³-hybridized carbons (Fsp3) is 0.889. The largest absolute Gasteiger partial charge is 0.456 e. The molecule has 0 fully saturated rings. The first-order valence-corrected chi connectivity index (χ1v) is 4.83. The number of hydrogen-bond donors (Lipinski definition) is 3. The molecule has 1 unspecified atom stereocenters. The van der Waals surface area contributed by atoms with Gasteiger partial charge in [0.25, 0.3) is 0 Å². The van der Waals surface area contributed by atoms with Crippen molar-refractivity contribution in [3.05, 3.63) is 0 Å². The predicted octanol–water partition coefficient (Wildman–Crippen LogP) is 0.400. The molecule has 0 aromatic heterocycles. The van der Waals surface area contributed by atoms with Gasteiger partial charge in [-0.1, -0.05) is 27.7 Å². The van der Waals surface area contributed by atoms with Gasteiger partial charge in [0.1, 0.15) is 0 Å². The van der Waals surface area contributed by atoms with Crippen LogP contribution in [0.15, 0.2) is 0 Å². The van der Waals surface area contributed by atoms with Gasteiger partial charge in [-0.15, -0.1) is 0 Å². The number of rotatable bonds is 3. The van der Waals surface area contributed by atoms with E-state index in [1.54, 1.807) is 13.8 Å². The van der Waals surface area contributed by atoms with Crippen LogP contribution in [0.4, 0.5) is 0 Å². The molecule has 0 saturated heterocycles. The van der Waals surface area contributed by atoms with Crippen molar-refractivity contribution in [2.24, 2.45) is 5.41 Å². The van der Waals surface area contributed by atoms with Crippen LogP contribution in [0, 0.1) is 5.41 Å². The average molecular weight is 201 g/mol. The third kappa shape index (κ3) is 4.11. The molecular weight excluding hydrogens is 181 g/mol. The van der Waals surface area contributed by atoms with E-state index in [1.807, 2.05) is 20.8 Å². The number of carbonyl (C=O) groups is 1. The zero-order valence-corrected chi connectivity index (χ0v) is 9.53. The van der Waals surface area contributed by atoms with Crippen LogP contribution in [-0.2, 0) is 4.79 Å². The zero-order chi connectivity index (χ0) is 11.5. The lowest BCUT2D eigenvalue weighted by atomic mass is 9.70. The molecule has 0 aliphatic rings. The molecule has 0 saturated carbocycles.